The molecule has 2 aromatic rings. The van der Waals surface area contributed by atoms with Gasteiger partial charge in [-0.1, -0.05) is 39.0 Å². The first-order chi connectivity index (χ1) is 11.0. The van der Waals surface area contributed by atoms with Crippen molar-refractivity contribution >= 4 is 11.6 Å². The SMILES string of the molecule is CCC(Oc1ccc(F)cc1)C(=O)Nc1ccccc1C(C)C. The van der Waals surface area contributed by atoms with Crippen LogP contribution in [0.4, 0.5) is 10.1 Å². The van der Waals surface area contributed by atoms with Gasteiger partial charge in [-0.3, -0.25) is 4.79 Å². The average molecular weight is 315 g/mol. The summed E-state index contributed by atoms with van der Waals surface area (Å²) in [7, 11) is 0. The molecular formula is C19H22FNO2. The Morgan fingerprint density at radius 3 is 2.39 bits per heavy atom. The Bertz CT molecular complexity index is 653. The van der Waals surface area contributed by atoms with Crippen molar-refractivity contribution in [3.8, 4) is 5.75 Å². The summed E-state index contributed by atoms with van der Waals surface area (Å²) >= 11 is 0. The minimum absolute atomic E-state index is 0.204. The molecular weight excluding hydrogens is 293 g/mol. The van der Waals surface area contributed by atoms with Gasteiger partial charge in [-0.2, -0.15) is 0 Å². The third kappa shape index (κ3) is 4.55. The summed E-state index contributed by atoms with van der Waals surface area (Å²) in [6, 6.07) is 13.4. The van der Waals surface area contributed by atoms with Crippen LogP contribution in [0.15, 0.2) is 48.5 Å². The largest absolute Gasteiger partial charge is 0.481 e. The number of hydrogen-bond acceptors (Lipinski definition) is 2. The van der Waals surface area contributed by atoms with Crippen LogP contribution in [0.5, 0.6) is 5.75 Å². The van der Waals surface area contributed by atoms with Crippen LogP contribution in [0.1, 0.15) is 38.7 Å². The van der Waals surface area contributed by atoms with Crippen molar-refractivity contribution < 1.29 is 13.9 Å². The van der Waals surface area contributed by atoms with Crippen LogP contribution in [0.25, 0.3) is 0 Å². The zero-order chi connectivity index (χ0) is 16.8. The maximum atomic E-state index is 12.9. The van der Waals surface area contributed by atoms with E-state index in [4.69, 9.17) is 4.74 Å². The highest BCUT2D eigenvalue weighted by Crippen LogP contribution is 2.24. The smallest absolute Gasteiger partial charge is 0.265 e. The molecule has 0 radical (unpaired) electrons. The highest BCUT2D eigenvalue weighted by Gasteiger charge is 2.20. The summed E-state index contributed by atoms with van der Waals surface area (Å²) in [5.41, 5.74) is 1.88. The summed E-state index contributed by atoms with van der Waals surface area (Å²) < 4.78 is 18.6. The van der Waals surface area contributed by atoms with Gasteiger partial charge in [0, 0.05) is 5.69 Å². The number of hydrogen-bond donors (Lipinski definition) is 1. The van der Waals surface area contributed by atoms with Crippen LogP contribution >= 0.6 is 0 Å². The molecule has 0 saturated heterocycles. The van der Waals surface area contributed by atoms with Crippen molar-refractivity contribution in [1.29, 1.82) is 0 Å². The van der Waals surface area contributed by atoms with Crippen molar-refractivity contribution in [1.82, 2.24) is 0 Å². The van der Waals surface area contributed by atoms with Crippen molar-refractivity contribution in [3.05, 3.63) is 59.9 Å². The maximum Gasteiger partial charge on any atom is 0.265 e. The highest BCUT2D eigenvalue weighted by molar-refractivity contribution is 5.95. The highest BCUT2D eigenvalue weighted by atomic mass is 19.1. The Hall–Kier alpha value is -2.36. The first kappa shape index (κ1) is 17.0. The number of ether oxygens (including phenoxy) is 1. The van der Waals surface area contributed by atoms with Crippen LogP contribution in [-0.2, 0) is 4.79 Å². The lowest BCUT2D eigenvalue weighted by Crippen LogP contribution is -2.32. The van der Waals surface area contributed by atoms with E-state index in [1.807, 2.05) is 31.2 Å². The fourth-order valence-electron chi connectivity index (χ4n) is 2.33. The van der Waals surface area contributed by atoms with Gasteiger partial charge in [-0.05, 0) is 48.2 Å². The lowest BCUT2D eigenvalue weighted by Gasteiger charge is -2.19. The van der Waals surface area contributed by atoms with E-state index in [1.165, 1.54) is 24.3 Å². The van der Waals surface area contributed by atoms with Crippen molar-refractivity contribution in [2.75, 3.05) is 5.32 Å². The molecule has 122 valence electrons. The van der Waals surface area contributed by atoms with E-state index in [1.54, 1.807) is 0 Å². The summed E-state index contributed by atoms with van der Waals surface area (Å²) in [5, 5.41) is 2.94. The van der Waals surface area contributed by atoms with Gasteiger partial charge in [0.15, 0.2) is 6.10 Å². The summed E-state index contributed by atoms with van der Waals surface area (Å²) in [4.78, 5) is 12.5. The number of para-hydroxylation sites is 1. The van der Waals surface area contributed by atoms with Crippen LogP contribution < -0.4 is 10.1 Å². The topological polar surface area (TPSA) is 38.3 Å². The summed E-state index contributed by atoms with van der Waals surface area (Å²) in [6.07, 6.45) is -0.103. The van der Waals surface area contributed by atoms with E-state index < -0.39 is 6.10 Å². The second-order valence-corrected chi connectivity index (χ2v) is 5.70. The molecule has 0 heterocycles. The van der Waals surface area contributed by atoms with E-state index in [9.17, 15) is 9.18 Å². The molecule has 2 rings (SSSR count). The molecule has 1 atom stereocenters. The second kappa shape index (κ2) is 7.77. The molecule has 23 heavy (non-hydrogen) atoms. The minimum Gasteiger partial charge on any atom is -0.481 e. The first-order valence-electron chi connectivity index (χ1n) is 7.83. The fourth-order valence-corrected chi connectivity index (χ4v) is 2.33. The summed E-state index contributed by atoms with van der Waals surface area (Å²) in [5.74, 6) is 0.251. The third-order valence-electron chi connectivity index (χ3n) is 3.60. The summed E-state index contributed by atoms with van der Waals surface area (Å²) in [6.45, 7) is 6.04. The number of anilines is 1. The zero-order valence-corrected chi connectivity index (χ0v) is 13.7. The number of benzene rings is 2. The average Bonchev–Trinajstić information content (AvgIpc) is 2.54. The van der Waals surface area contributed by atoms with Crippen molar-refractivity contribution in [2.24, 2.45) is 0 Å². The molecule has 2 aromatic carbocycles. The molecule has 0 aliphatic carbocycles. The van der Waals surface area contributed by atoms with Crippen LogP contribution in [0, 0.1) is 5.82 Å². The molecule has 4 heteroatoms. The van der Waals surface area contributed by atoms with Gasteiger partial charge >= 0.3 is 0 Å². The number of halogens is 1. The Labute approximate surface area is 136 Å². The van der Waals surface area contributed by atoms with Crippen LogP contribution in [-0.4, -0.2) is 12.0 Å². The normalized spacial score (nSPS) is 12.0. The van der Waals surface area contributed by atoms with Crippen molar-refractivity contribution in [2.45, 2.75) is 39.2 Å². The number of carbonyl (C=O) groups is 1. The number of rotatable bonds is 6. The Morgan fingerprint density at radius 2 is 1.78 bits per heavy atom. The van der Waals surface area contributed by atoms with Gasteiger partial charge in [0.1, 0.15) is 11.6 Å². The molecule has 0 saturated carbocycles. The molecule has 1 amide bonds. The zero-order valence-electron chi connectivity index (χ0n) is 13.7. The first-order valence-corrected chi connectivity index (χ1v) is 7.83. The van der Waals surface area contributed by atoms with E-state index in [0.717, 1.165) is 11.3 Å². The second-order valence-electron chi connectivity index (χ2n) is 5.70. The van der Waals surface area contributed by atoms with E-state index in [-0.39, 0.29) is 11.7 Å². The molecule has 1 unspecified atom stereocenters. The van der Waals surface area contributed by atoms with E-state index in [0.29, 0.717) is 18.1 Å². The van der Waals surface area contributed by atoms with Crippen molar-refractivity contribution in [3.63, 3.8) is 0 Å². The van der Waals surface area contributed by atoms with E-state index >= 15 is 0 Å². The third-order valence-corrected chi connectivity index (χ3v) is 3.60. The molecule has 0 bridgehead atoms. The molecule has 0 spiro atoms. The molecule has 0 aliphatic rings. The van der Waals surface area contributed by atoms with Crippen LogP contribution in [0.3, 0.4) is 0 Å². The molecule has 0 aromatic heterocycles. The van der Waals surface area contributed by atoms with Gasteiger partial charge in [0.05, 0.1) is 0 Å². The number of nitrogens with one attached hydrogen (secondary N) is 1. The van der Waals surface area contributed by atoms with Crippen LogP contribution in [0.2, 0.25) is 0 Å². The number of carbonyl (C=O) groups excluding carboxylic acids is 1. The van der Waals surface area contributed by atoms with E-state index in [2.05, 4.69) is 19.2 Å². The maximum absolute atomic E-state index is 12.9. The Balaban J connectivity index is 2.10. The Morgan fingerprint density at radius 1 is 1.13 bits per heavy atom. The lowest BCUT2D eigenvalue weighted by atomic mass is 10.0. The number of amides is 1. The molecule has 0 aliphatic heterocycles. The molecule has 0 fully saturated rings. The van der Waals surface area contributed by atoms with Gasteiger partial charge in [0.2, 0.25) is 0 Å². The minimum atomic E-state index is -0.624. The molecule has 3 nitrogen and oxygen atoms in total. The van der Waals surface area contributed by atoms with Gasteiger partial charge in [0.25, 0.3) is 5.91 Å². The monoisotopic (exact) mass is 315 g/mol. The lowest BCUT2D eigenvalue weighted by molar-refractivity contribution is -0.122. The standard InChI is InChI=1S/C19H22FNO2/c1-4-18(23-15-11-9-14(20)10-12-15)19(22)21-17-8-6-5-7-16(17)13(2)3/h5-13,18H,4H2,1-3H3,(H,21,22). The predicted octanol–water partition coefficient (Wildman–Crippen LogP) is 4.75. The van der Waals surface area contributed by atoms with Gasteiger partial charge in [-0.25, -0.2) is 4.39 Å². The Kier molecular flexibility index (Phi) is 5.74. The fraction of sp³-hybridized carbons (Fsp3) is 0.316. The molecule has 1 N–H and O–H groups in total. The van der Waals surface area contributed by atoms with Gasteiger partial charge < -0.3 is 10.1 Å². The predicted molar refractivity (Wildman–Crippen MR) is 90.3 cm³/mol. The van der Waals surface area contributed by atoms with Gasteiger partial charge in [-0.15, -0.1) is 0 Å². The quantitative estimate of drug-likeness (QED) is 0.835.